The Morgan fingerprint density at radius 1 is 1.57 bits per heavy atom. The normalized spacial score (nSPS) is 24.1. The molecular weight excluding hydrogens is 180 g/mol. The molecule has 1 aliphatic rings. The minimum atomic E-state index is -0.981. The zero-order valence-electron chi connectivity index (χ0n) is 7.73. The summed E-state index contributed by atoms with van der Waals surface area (Å²) >= 11 is 0. The lowest BCUT2D eigenvalue weighted by molar-refractivity contribution is 0.0194. The predicted molar refractivity (Wildman–Crippen MR) is 52.3 cm³/mol. The van der Waals surface area contributed by atoms with Gasteiger partial charge in [-0.15, -0.1) is 6.58 Å². The second-order valence-electron chi connectivity index (χ2n) is 3.49. The second kappa shape index (κ2) is 3.03. The molecule has 2 N–H and O–H groups in total. The van der Waals surface area contributed by atoms with E-state index >= 15 is 0 Å². The number of ether oxygens (including phenoxy) is 1. The van der Waals surface area contributed by atoms with Crippen molar-refractivity contribution >= 4 is 0 Å². The van der Waals surface area contributed by atoms with Crippen LogP contribution in [0.1, 0.15) is 12.0 Å². The number of rotatable bonds is 2. The van der Waals surface area contributed by atoms with E-state index in [2.05, 4.69) is 6.58 Å². The molecule has 3 heteroatoms. The lowest BCUT2D eigenvalue weighted by Crippen LogP contribution is -2.26. The number of aromatic hydroxyl groups is 1. The fourth-order valence-electron chi connectivity index (χ4n) is 1.70. The van der Waals surface area contributed by atoms with Gasteiger partial charge in [0.25, 0.3) is 0 Å². The zero-order chi connectivity index (χ0) is 10.2. The fourth-order valence-corrected chi connectivity index (χ4v) is 1.70. The van der Waals surface area contributed by atoms with Gasteiger partial charge in [-0.1, -0.05) is 6.08 Å². The zero-order valence-corrected chi connectivity index (χ0v) is 7.73. The molecule has 0 saturated carbocycles. The number of fused-ring (bicyclic) bond motifs is 1. The van der Waals surface area contributed by atoms with Crippen molar-refractivity contribution in [3.8, 4) is 11.5 Å². The van der Waals surface area contributed by atoms with Gasteiger partial charge in [-0.2, -0.15) is 0 Å². The molecule has 1 heterocycles. The largest absolute Gasteiger partial charge is 0.508 e. The number of phenolic OH excluding ortho intramolecular Hbond substituents is 1. The third-order valence-corrected chi connectivity index (χ3v) is 2.42. The van der Waals surface area contributed by atoms with Crippen molar-refractivity contribution in [2.24, 2.45) is 0 Å². The predicted octanol–water partition coefficient (Wildman–Crippen LogP) is 1.55. The van der Waals surface area contributed by atoms with Crippen LogP contribution in [0.15, 0.2) is 30.9 Å². The summed E-state index contributed by atoms with van der Waals surface area (Å²) < 4.78 is 5.29. The van der Waals surface area contributed by atoms with E-state index in [0.717, 1.165) is 5.56 Å². The molecule has 14 heavy (non-hydrogen) atoms. The Hall–Kier alpha value is -1.48. The summed E-state index contributed by atoms with van der Waals surface area (Å²) in [6.07, 6.45) is 2.11. The standard InChI is InChI=1S/C11H12O3/c1-2-5-11(13)7-14-10-6-8(12)3-4-9(10)11/h2-4,6,12-13H,1,5,7H2. The summed E-state index contributed by atoms with van der Waals surface area (Å²) in [5, 5.41) is 19.4. The molecular formula is C11H12O3. The number of hydrogen-bond acceptors (Lipinski definition) is 3. The maximum absolute atomic E-state index is 10.2. The van der Waals surface area contributed by atoms with Crippen molar-refractivity contribution in [1.29, 1.82) is 0 Å². The summed E-state index contributed by atoms with van der Waals surface area (Å²) in [6.45, 7) is 3.81. The number of hydrogen-bond donors (Lipinski definition) is 2. The van der Waals surface area contributed by atoms with Gasteiger partial charge in [0.15, 0.2) is 0 Å². The van der Waals surface area contributed by atoms with Gasteiger partial charge in [0, 0.05) is 18.1 Å². The lowest BCUT2D eigenvalue weighted by atomic mass is 9.93. The maximum atomic E-state index is 10.2. The molecule has 1 aromatic carbocycles. The molecule has 0 fully saturated rings. The van der Waals surface area contributed by atoms with Crippen molar-refractivity contribution in [3.63, 3.8) is 0 Å². The first-order valence-electron chi connectivity index (χ1n) is 4.45. The van der Waals surface area contributed by atoms with Crippen LogP contribution in [0, 0.1) is 0 Å². The highest BCUT2D eigenvalue weighted by Crippen LogP contribution is 2.40. The van der Waals surface area contributed by atoms with Gasteiger partial charge >= 0.3 is 0 Å². The van der Waals surface area contributed by atoms with Crippen molar-refractivity contribution in [2.45, 2.75) is 12.0 Å². The first kappa shape index (κ1) is 9.09. The van der Waals surface area contributed by atoms with Gasteiger partial charge in [-0.3, -0.25) is 0 Å². The Morgan fingerprint density at radius 3 is 3.07 bits per heavy atom. The molecule has 1 atom stereocenters. The van der Waals surface area contributed by atoms with Crippen molar-refractivity contribution in [2.75, 3.05) is 6.61 Å². The van der Waals surface area contributed by atoms with E-state index in [-0.39, 0.29) is 12.4 Å². The summed E-state index contributed by atoms with van der Waals surface area (Å²) in [5.41, 5.74) is -0.264. The highest BCUT2D eigenvalue weighted by atomic mass is 16.5. The topological polar surface area (TPSA) is 49.7 Å². The highest BCUT2D eigenvalue weighted by Gasteiger charge is 2.37. The van der Waals surface area contributed by atoms with Crippen LogP contribution in [0.25, 0.3) is 0 Å². The molecule has 0 amide bonds. The molecule has 0 saturated heterocycles. The smallest absolute Gasteiger partial charge is 0.130 e. The summed E-state index contributed by atoms with van der Waals surface area (Å²) in [4.78, 5) is 0. The first-order valence-corrected chi connectivity index (χ1v) is 4.45. The lowest BCUT2D eigenvalue weighted by Gasteiger charge is -2.18. The maximum Gasteiger partial charge on any atom is 0.130 e. The van der Waals surface area contributed by atoms with Crippen molar-refractivity contribution in [1.82, 2.24) is 0 Å². The van der Waals surface area contributed by atoms with Gasteiger partial charge in [0.2, 0.25) is 0 Å². The Kier molecular flexibility index (Phi) is 1.97. The van der Waals surface area contributed by atoms with Crippen LogP contribution in [0.5, 0.6) is 11.5 Å². The monoisotopic (exact) mass is 192 g/mol. The summed E-state index contributed by atoms with van der Waals surface area (Å²) in [5.74, 6) is 0.695. The third kappa shape index (κ3) is 1.26. The molecule has 3 nitrogen and oxygen atoms in total. The average Bonchev–Trinajstić information content (AvgIpc) is 2.44. The molecule has 0 spiro atoms. The van der Waals surface area contributed by atoms with Gasteiger partial charge in [0.05, 0.1) is 0 Å². The van der Waals surface area contributed by atoms with Crippen LogP contribution in [0.3, 0.4) is 0 Å². The van der Waals surface area contributed by atoms with E-state index in [1.807, 2.05) is 0 Å². The molecule has 1 aliphatic heterocycles. The van der Waals surface area contributed by atoms with Crippen LogP contribution >= 0.6 is 0 Å². The molecule has 2 rings (SSSR count). The van der Waals surface area contributed by atoms with E-state index in [0.29, 0.717) is 12.2 Å². The SMILES string of the molecule is C=CCC1(O)COc2cc(O)ccc21. The highest BCUT2D eigenvalue weighted by molar-refractivity contribution is 5.46. The van der Waals surface area contributed by atoms with Crippen molar-refractivity contribution in [3.05, 3.63) is 36.4 Å². The van der Waals surface area contributed by atoms with Gasteiger partial charge in [-0.05, 0) is 12.1 Å². The molecule has 0 aliphatic carbocycles. The Morgan fingerprint density at radius 2 is 2.36 bits per heavy atom. The van der Waals surface area contributed by atoms with Crippen LogP contribution < -0.4 is 4.74 Å². The van der Waals surface area contributed by atoms with E-state index in [1.54, 1.807) is 18.2 Å². The molecule has 0 bridgehead atoms. The van der Waals surface area contributed by atoms with Gasteiger partial charge in [0.1, 0.15) is 23.7 Å². The number of phenols is 1. The van der Waals surface area contributed by atoms with Crippen LogP contribution in [0.2, 0.25) is 0 Å². The van der Waals surface area contributed by atoms with Crippen LogP contribution in [-0.4, -0.2) is 16.8 Å². The summed E-state index contributed by atoms with van der Waals surface area (Å²) in [7, 11) is 0. The summed E-state index contributed by atoms with van der Waals surface area (Å²) in [6, 6.07) is 4.74. The molecule has 1 aromatic rings. The number of benzene rings is 1. The third-order valence-electron chi connectivity index (χ3n) is 2.42. The Balaban J connectivity index is 2.44. The first-order chi connectivity index (χ1) is 6.65. The Bertz CT molecular complexity index is 373. The molecule has 0 radical (unpaired) electrons. The minimum absolute atomic E-state index is 0.145. The van der Waals surface area contributed by atoms with Crippen molar-refractivity contribution < 1.29 is 14.9 Å². The fraction of sp³-hybridized carbons (Fsp3) is 0.273. The number of aliphatic hydroxyl groups is 1. The van der Waals surface area contributed by atoms with Crippen LogP contribution in [-0.2, 0) is 5.60 Å². The van der Waals surface area contributed by atoms with E-state index in [4.69, 9.17) is 4.74 Å². The quantitative estimate of drug-likeness (QED) is 0.699. The van der Waals surface area contributed by atoms with E-state index in [1.165, 1.54) is 6.07 Å². The van der Waals surface area contributed by atoms with Crippen LogP contribution in [0.4, 0.5) is 0 Å². The molecule has 0 aromatic heterocycles. The molecule has 74 valence electrons. The molecule has 1 unspecified atom stereocenters. The van der Waals surface area contributed by atoms with Gasteiger partial charge < -0.3 is 14.9 Å². The Labute approximate surface area is 82.3 Å². The van der Waals surface area contributed by atoms with Gasteiger partial charge in [-0.25, -0.2) is 0 Å². The van der Waals surface area contributed by atoms with E-state index < -0.39 is 5.60 Å². The second-order valence-corrected chi connectivity index (χ2v) is 3.49. The minimum Gasteiger partial charge on any atom is -0.508 e. The average molecular weight is 192 g/mol. The van der Waals surface area contributed by atoms with E-state index in [9.17, 15) is 10.2 Å².